The average molecular weight is 447 g/mol. The molecule has 1 aliphatic carbocycles. The molecule has 2 rings (SSSR count). The fourth-order valence-corrected chi connectivity index (χ4v) is 2.15. The molecule has 0 saturated carbocycles. The van der Waals surface area contributed by atoms with Crippen LogP contribution in [0.15, 0.2) is 36.4 Å². The van der Waals surface area contributed by atoms with Gasteiger partial charge in [-0.25, -0.2) is 12.2 Å². The van der Waals surface area contributed by atoms with Crippen molar-refractivity contribution in [1.29, 1.82) is 0 Å². The van der Waals surface area contributed by atoms with E-state index in [9.17, 15) is 4.79 Å². The number of amides is 1. The van der Waals surface area contributed by atoms with Crippen LogP contribution in [0.4, 0.5) is 0 Å². The molecule has 0 atom stereocenters. The Morgan fingerprint density at radius 3 is 1.69 bits per heavy atom. The van der Waals surface area contributed by atoms with Crippen molar-refractivity contribution in [2.75, 3.05) is 0 Å². The van der Waals surface area contributed by atoms with Gasteiger partial charge < -0.3 is 35.3 Å². The minimum absolute atomic E-state index is 0. The molecule has 143 valence electrons. The van der Waals surface area contributed by atoms with Crippen molar-refractivity contribution in [2.24, 2.45) is 0 Å². The fourth-order valence-electron chi connectivity index (χ4n) is 2.15. The van der Waals surface area contributed by atoms with Crippen molar-refractivity contribution in [3.63, 3.8) is 0 Å². The number of halogens is 2. The predicted molar refractivity (Wildman–Crippen MR) is 104 cm³/mol. The van der Waals surface area contributed by atoms with Gasteiger partial charge in [0, 0.05) is 15.1 Å². The van der Waals surface area contributed by atoms with Crippen LogP contribution in [0.1, 0.15) is 67.4 Å². The summed E-state index contributed by atoms with van der Waals surface area (Å²) in [4.78, 5) is 11.4. The molecule has 1 radical (unpaired) electrons. The molecule has 1 N–H and O–H groups in total. The summed E-state index contributed by atoms with van der Waals surface area (Å²) >= 11 is 0. The first-order chi connectivity index (χ1) is 10.9. The third kappa shape index (κ3) is 12.9. The van der Waals surface area contributed by atoms with E-state index in [1.165, 1.54) is 0 Å². The zero-order valence-corrected chi connectivity index (χ0v) is 20.8. The smallest absolute Gasteiger partial charge is 1.00 e. The largest absolute Gasteiger partial charge is 4.00 e. The maximum atomic E-state index is 11.4. The third-order valence-electron chi connectivity index (χ3n) is 3.19. The second kappa shape index (κ2) is 19.4. The molecule has 26 heavy (non-hydrogen) atoms. The topological polar surface area (TPSA) is 40.9 Å². The van der Waals surface area contributed by atoms with Gasteiger partial charge in [0.25, 0.3) is 0 Å². The van der Waals surface area contributed by atoms with Gasteiger partial charge in [-0.3, -0.25) is 6.08 Å². The van der Waals surface area contributed by atoms with Gasteiger partial charge in [-0.15, -0.1) is 6.42 Å². The number of hydrogen-bond donors (Lipinski definition) is 0. The van der Waals surface area contributed by atoms with Crippen molar-refractivity contribution in [1.82, 2.24) is 0 Å². The average Bonchev–Trinajstić information content (AvgIpc) is 3.06. The second-order valence-electron chi connectivity index (χ2n) is 6.03. The number of rotatable bonds is 3. The molecule has 2 nitrogen and oxygen atoms in total. The van der Waals surface area contributed by atoms with Gasteiger partial charge in [0.15, 0.2) is 0 Å². The molecule has 0 unspecified atom stereocenters. The second-order valence-corrected chi connectivity index (χ2v) is 7.19. The minimum atomic E-state index is -0.567. The Morgan fingerprint density at radius 1 is 1.08 bits per heavy atom. The molecule has 0 aromatic heterocycles. The standard InChI is InChI=1S/C13H19NO.C5H5.C2H7Si.2ClH.Ti/c1-8(2)10-6-5-7-11(9(3)4)12(10)13(14)15;1-2-4-5-3-1;1-3-2;;;/h5-9H,1-4H3,(H2,14,15);1-3H,4H2;3H,1-2H3;2*1H;/q;-1;;;;+4/p-3. The minimum Gasteiger partial charge on any atom is -1.00 e. The van der Waals surface area contributed by atoms with Crippen LogP contribution < -0.4 is 24.8 Å². The van der Waals surface area contributed by atoms with E-state index in [0.717, 1.165) is 27.1 Å². The van der Waals surface area contributed by atoms with E-state index in [1.54, 1.807) is 0 Å². The van der Waals surface area contributed by atoms with Gasteiger partial charge in [-0.2, -0.15) is 6.08 Å². The van der Waals surface area contributed by atoms with E-state index in [0.29, 0.717) is 5.56 Å². The first-order valence-electron chi connectivity index (χ1n) is 8.21. The quantitative estimate of drug-likeness (QED) is 0.474. The number of carbonyl (C=O) groups excluding carboxylic acids is 1. The molecule has 0 spiro atoms. The summed E-state index contributed by atoms with van der Waals surface area (Å²) in [7, 11) is 0.750. The van der Waals surface area contributed by atoms with E-state index in [4.69, 9.17) is 5.73 Å². The van der Waals surface area contributed by atoms with Crippen molar-refractivity contribution in [3.8, 4) is 0 Å². The van der Waals surface area contributed by atoms with Crippen LogP contribution >= 0.6 is 0 Å². The van der Waals surface area contributed by atoms with E-state index in [2.05, 4.69) is 25.2 Å². The van der Waals surface area contributed by atoms with Gasteiger partial charge in [0.05, 0.1) is 5.91 Å². The molecule has 0 fully saturated rings. The Morgan fingerprint density at radius 2 is 1.50 bits per heavy atom. The van der Waals surface area contributed by atoms with Gasteiger partial charge in [-0.1, -0.05) is 59.0 Å². The van der Waals surface area contributed by atoms with Crippen LogP contribution in [-0.2, 0) is 21.7 Å². The van der Waals surface area contributed by atoms with Crippen LogP contribution in [0, 0.1) is 6.08 Å². The Labute approximate surface area is 190 Å². The summed E-state index contributed by atoms with van der Waals surface area (Å²) in [6, 6.07) is 5.85. The third-order valence-corrected chi connectivity index (χ3v) is 3.19. The van der Waals surface area contributed by atoms with Crippen molar-refractivity contribution in [3.05, 3.63) is 64.9 Å². The van der Waals surface area contributed by atoms with Crippen molar-refractivity contribution in [2.45, 2.75) is 59.0 Å². The number of hydrogen-bond acceptors (Lipinski definition) is 1. The maximum Gasteiger partial charge on any atom is 4.00 e. The van der Waals surface area contributed by atoms with Gasteiger partial charge >= 0.3 is 21.7 Å². The molecule has 1 aliphatic rings. The Balaban J connectivity index is -0.000000186. The molecular weight excluding hydrogens is 417 g/mol. The number of benzene rings is 1. The molecule has 1 aromatic carbocycles. The molecule has 0 saturated heterocycles. The van der Waals surface area contributed by atoms with Crippen LogP contribution in [0.25, 0.3) is 5.73 Å². The zero-order chi connectivity index (χ0) is 17.8. The Kier molecular flexibility index (Phi) is 24.9. The van der Waals surface area contributed by atoms with Crippen LogP contribution in [-0.4, -0.2) is 15.4 Å². The van der Waals surface area contributed by atoms with Crippen molar-refractivity contribution >= 4 is 15.4 Å². The molecule has 0 heterocycles. The van der Waals surface area contributed by atoms with Crippen LogP contribution in [0.2, 0.25) is 13.1 Å². The maximum absolute atomic E-state index is 11.4. The first-order valence-corrected chi connectivity index (χ1v) is 10.5. The van der Waals surface area contributed by atoms with E-state index < -0.39 is 5.91 Å². The van der Waals surface area contributed by atoms with Crippen molar-refractivity contribution < 1.29 is 51.3 Å². The normalized spacial score (nSPS) is 10.5. The SMILES string of the molecule is CC(C)c1cccc(C(C)C)c1C([NH-])=O.C[SiH]C.[C-]1=CC=CC1.[Cl-].[Cl-].[Ti+4]. The number of nitrogens with one attached hydrogen (secondary N) is 1. The summed E-state index contributed by atoms with van der Waals surface area (Å²) in [5, 5.41) is 0. The van der Waals surface area contributed by atoms with E-state index in [-0.39, 0.29) is 58.4 Å². The van der Waals surface area contributed by atoms with Gasteiger partial charge in [-0.05, 0) is 23.0 Å². The molecule has 1 aromatic rings. The molecular formula is C20H30Cl2NOSiTi. The summed E-state index contributed by atoms with van der Waals surface area (Å²) in [5.41, 5.74) is 9.92. The van der Waals surface area contributed by atoms with Crippen LogP contribution in [0.3, 0.4) is 0 Å². The Bertz CT molecular complexity index is 510. The van der Waals surface area contributed by atoms with Gasteiger partial charge in [0.2, 0.25) is 0 Å². The molecule has 6 heteroatoms. The first kappa shape index (κ1) is 33.3. The summed E-state index contributed by atoms with van der Waals surface area (Å²) < 4.78 is 0. The molecule has 1 amide bonds. The van der Waals surface area contributed by atoms with Crippen LogP contribution in [0.5, 0.6) is 0 Å². The van der Waals surface area contributed by atoms with Gasteiger partial charge in [0.1, 0.15) is 0 Å². The number of allylic oxidation sites excluding steroid dienone is 4. The number of carbonyl (C=O) groups is 1. The summed E-state index contributed by atoms with van der Waals surface area (Å²) in [5.74, 6) is 0.00370. The van der Waals surface area contributed by atoms with E-state index in [1.807, 2.05) is 58.0 Å². The molecule has 0 aliphatic heterocycles. The van der Waals surface area contributed by atoms with E-state index >= 15 is 0 Å². The predicted octanol–water partition coefficient (Wildman–Crippen LogP) is -0.0439. The summed E-state index contributed by atoms with van der Waals surface area (Å²) in [6.07, 6.45) is 10.0. The zero-order valence-electron chi connectivity index (χ0n) is 16.6. The fraction of sp³-hybridized carbons (Fsp3) is 0.450. The Hall–Kier alpha value is -0.319. The summed E-state index contributed by atoms with van der Waals surface area (Å²) in [6.45, 7) is 12.6. The monoisotopic (exact) mass is 446 g/mol. The molecule has 0 bridgehead atoms.